The van der Waals surface area contributed by atoms with Crippen molar-refractivity contribution in [1.29, 1.82) is 0 Å². The van der Waals surface area contributed by atoms with E-state index in [0.29, 0.717) is 6.54 Å². The van der Waals surface area contributed by atoms with E-state index in [-0.39, 0.29) is 28.2 Å². The molecule has 100 valence electrons. The van der Waals surface area contributed by atoms with Gasteiger partial charge in [0.25, 0.3) is 0 Å². The maximum atomic E-state index is 13.7. The molecule has 1 atom stereocenters. The quantitative estimate of drug-likeness (QED) is 0.816. The molecule has 0 heterocycles. The summed E-state index contributed by atoms with van der Waals surface area (Å²) in [5.74, 6) is -1.81. The SMILES string of the molecule is CCNCC(C)C(=O)Cc1c(F)ccc(Br)c1F. The van der Waals surface area contributed by atoms with Gasteiger partial charge >= 0.3 is 0 Å². The minimum absolute atomic E-state index is 0.169. The smallest absolute Gasteiger partial charge is 0.143 e. The first-order chi connectivity index (χ1) is 8.47. The Labute approximate surface area is 114 Å². The van der Waals surface area contributed by atoms with Crippen molar-refractivity contribution in [1.82, 2.24) is 5.32 Å². The molecule has 1 unspecified atom stereocenters. The summed E-state index contributed by atoms with van der Waals surface area (Å²) >= 11 is 2.98. The second kappa shape index (κ2) is 6.95. The molecule has 0 bridgehead atoms. The van der Waals surface area contributed by atoms with E-state index in [1.54, 1.807) is 6.92 Å². The van der Waals surface area contributed by atoms with Crippen LogP contribution in [0.25, 0.3) is 0 Å². The van der Waals surface area contributed by atoms with Gasteiger partial charge in [-0.2, -0.15) is 0 Å². The van der Waals surface area contributed by atoms with Crippen LogP contribution in [0, 0.1) is 17.6 Å². The van der Waals surface area contributed by atoms with Crippen LogP contribution in [0.2, 0.25) is 0 Å². The first-order valence-corrected chi connectivity index (χ1v) is 6.62. The van der Waals surface area contributed by atoms with Gasteiger partial charge in [-0.3, -0.25) is 4.79 Å². The Morgan fingerprint density at radius 3 is 2.72 bits per heavy atom. The van der Waals surface area contributed by atoms with E-state index >= 15 is 0 Å². The number of halogens is 3. The van der Waals surface area contributed by atoms with Gasteiger partial charge in [-0.1, -0.05) is 13.8 Å². The maximum absolute atomic E-state index is 13.7. The first kappa shape index (κ1) is 15.2. The Bertz CT molecular complexity index is 437. The molecule has 1 aromatic rings. The van der Waals surface area contributed by atoms with Crippen LogP contribution < -0.4 is 5.32 Å². The highest BCUT2D eigenvalue weighted by molar-refractivity contribution is 9.10. The van der Waals surface area contributed by atoms with Crippen molar-refractivity contribution in [3.8, 4) is 0 Å². The Morgan fingerprint density at radius 1 is 1.44 bits per heavy atom. The molecule has 0 aliphatic carbocycles. The summed E-state index contributed by atoms with van der Waals surface area (Å²) < 4.78 is 27.3. The van der Waals surface area contributed by atoms with Crippen LogP contribution >= 0.6 is 15.9 Å². The predicted octanol–water partition coefficient (Wildman–Crippen LogP) is 3.08. The van der Waals surface area contributed by atoms with Crippen LogP contribution in [-0.2, 0) is 11.2 Å². The molecule has 0 aliphatic heterocycles. The average Bonchev–Trinajstić information content (AvgIpc) is 2.36. The third-order valence-electron chi connectivity index (χ3n) is 2.74. The van der Waals surface area contributed by atoms with Crippen molar-refractivity contribution in [3.63, 3.8) is 0 Å². The molecule has 0 radical (unpaired) electrons. The molecular weight excluding hydrogens is 304 g/mol. The fraction of sp³-hybridized carbons (Fsp3) is 0.462. The predicted molar refractivity (Wildman–Crippen MR) is 70.5 cm³/mol. The molecule has 2 nitrogen and oxygen atoms in total. The summed E-state index contributed by atoms with van der Waals surface area (Å²) in [7, 11) is 0. The summed E-state index contributed by atoms with van der Waals surface area (Å²) in [5, 5.41) is 3.04. The zero-order valence-electron chi connectivity index (χ0n) is 10.4. The van der Waals surface area contributed by atoms with Gasteiger partial charge in [0.05, 0.1) is 4.47 Å². The highest BCUT2D eigenvalue weighted by Crippen LogP contribution is 2.22. The van der Waals surface area contributed by atoms with Gasteiger partial charge < -0.3 is 5.32 Å². The molecule has 1 N–H and O–H groups in total. The number of rotatable bonds is 6. The molecule has 1 rings (SSSR count). The highest BCUT2D eigenvalue weighted by Gasteiger charge is 2.19. The van der Waals surface area contributed by atoms with Crippen molar-refractivity contribution in [2.24, 2.45) is 5.92 Å². The number of ketones is 1. The number of carbonyl (C=O) groups excluding carboxylic acids is 1. The highest BCUT2D eigenvalue weighted by atomic mass is 79.9. The largest absolute Gasteiger partial charge is 0.316 e. The van der Waals surface area contributed by atoms with Gasteiger partial charge in [0.2, 0.25) is 0 Å². The van der Waals surface area contributed by atoms with E-state index in [2.05, 4.69) is 21.2 Å². The van der Waals surface area contributed by atoms with E-state index in [4.69, 9.17) is 0 Å². The lowest BCUT2D eigenvalue weighted by molar-refractivity contribution is -0.121. The zero-order chi connectivity index (χ0) is 13.7. The molecule has 0 spiro atoms. The topological polar surface area (TPSA) is 29.1 Å². The van der Waals surface area contributed by atoms with Gasteiger partial charge in [-0.05, 0) is 34.6 Å². The van der Waals surface area contributed by atoms with Crippen LogP contribution in [0.4, 0.5) is 8.78 Å². The second-order valence-electron chi connectivity index (χ2n) is 4.17. The summed E-state index contributed by atoms with van der Waals surface area (Å²) in [6.07, 6.45) is -0.219. The van der Waals surface area contributed by atoms with Gasteiger partial charge in [0, 0.05) is 24.4 Å². The number of hydrogen-bond acceptors (Lipinski definition) is 2. The summed E-state index contributed by atoms with van der Waals surface area (Å²) in [6.45, 7) is 4.97. The minimum Gasteiger partial charge on any atom is -0.316 e. The average molecular weight is 320 g/mol. The lowest BCUT2D eigenvalue weighted by atomic mass is 9.98. The Kier molecular flexibility index (Phi) is 5.88. The normalized spacial score (nSPS) is 12.5. The number of Topliss-reactive ketones (excluding diaryl/α,β-unsaturated/α-hetero) is 1. The molecule has 0 aliphatic rings. The van der Waals surface area contributed by atoms with Crippen LogP contribution in [0.5, 0.6) is 0 Å². The Morgan fingerprint density at radius 2 is 2.11 bits per heavy atom. The Hall–Kier alpha value is -0.810. The van der Waals surface area contributed by atoms with Gasteiger partial charge in [-0.15, -0.1) is 0 Å². The second-order valence-corrected chi connectivity index (χ2v) is 5.03. The molecule has 1 aromatic carbocycles. The fourth-order valence-corrected chi connectivity index (χ4v) is 1.93. The molecular formula is C13H16BrF2NO. The van der Waals surface area contributed by atoms with E-state index in [9.17, 15) is 13.6 Å². The van der Waals surface area contributed by atoms with Crippen molar-refractivity contribution in [2.45, 2.75) is 20.3 Å². The number of nitrogens with one attached hydrogen (secondary N) is 1. The number of carbonyl (C=O) groups is 1. The summed E-state index contributed by atoms with van der Waals surface area (Å²) in [6, 6.07) is 2.45. The fourth-order valence-electron chi connectivity index (χ4n) is 1.55. The lowest BCUT2D eigenvalue weighted by Gasteiger charge is -2.12. The molecule has 5 heteroatoms. The third kappa shape index (κ3) is 3.85. The molecule has 0 saturated heterocycles. The maximum Gasteiger partial charge on any atom is 0.143 e. The van der Waals surface area contributed by atoms with E-state index in [0.717, 1.165) is 12.6 Å². The molecule has 0 aromatic heterocycles. The minimum atomic E-state index is -0.695. The standard InChI is InChI=1S/C13H16BrF2NO/c1-3-17-7-8(2)12(18)6-9-11(15)5-4-10(14)13(9)16/h4-5,8,17H,3,6-7H2,1-2H3. The van der Waals surface area contributed by atoms with Crippen molar-refractivity contribution in [3.05, 3.63) is 33.8 Å². The van der Waals surface area contributed by atoms with Gasteiger partial charge in [-0.25, -0.2) is 8.78 Å². The monoisotopic (exact) mass is 319 g/mol. The van der Waals surface area contributed by atoms with Crippen LogP contribution in [-0.4, -0.2) is 18.9 Å². The van der Waals surface area contributed by atoms with Gasteiger partial charge in [0.15, 0.2) is 0 Å². The summed E-state index contributed by atoms with van der Waals surface area (Å²) in [5.41, 5.74) is -0.169. The van der Waals surface area contributed by atoms with Gasteiger partial charge in [0.1, 0.15) is 17.4 Å². The zero-order valence-corrected chi connectivity index (χ0v) is 12.0. The van der Waals surface area contributed by atoms with E-state index in [1.165, 1.54) is 6.07 Å². The van der Waals surface area contributed by atoms with E-state index < -0.39 is 11.6 Å². The van der Waals surface area contributed by atoms with Crippen molar-refractivity contribution < 1.29 is 13.6 Å². The number of benzene rings is 1. The Balaban J connectivity index is 2.79. The molecule has 0 fully saturated rings. The summed E-state index contributed by atoms with van der Waals surface area (Å²) in [4.78, 5) is 11.8. The van der Waals surface area contributed by atoms with Crippen LogP contribution in [0.1, 0.15) is 19.4 Å². The van der Waals surface area contributed by atoms with Crippen LogP contribution in [0.3, 0.4) is 0 Å². The first-order valence-electron chi connectivity index (χ1n) is 5.83. The third-order valence-corrected chi connectivity index (χ3v) is 3.35. The van der Waals surface area contributed by atoms with E-state index in [1.807, 2.05) is 6.92 Å². The van der Waals surface area contributed by atoms with Crippen molar-refractivity contribution >= 4 is 21.7 Å². The molecule has 0 saturated carbocycles. The van der Waals surface area contributed by atoms with Crippen molar-refractivity contribution in [2.75, 3.05) is 13.1 Å². The lowest BCUT2D eigenvalue weighted by Crippen LogP contribution is -2.27. The number of hydrogen-bond donors (Lipinski definition) is 1. The molecule has 0 amide bonds. The molecule has 18 heavy (non-hydrogen) atoms. The van der Waals surface area contributed by atoms with Crippen LogP contribution in [0.15, 0.2) is 16.6 Å².